The van der Waals surface area contributed by atoms with Crippen LogP contribution in [0.15, 0.2) is 67.3 Å². The van der Waals surface area contributed by atoms with Crippen molar-refractivity contribution in [2.75, 3.05) is 17.7 Å². The molecule has 2 N–H and O–H groups in total. The molecule has 2 aromatic carbocycles. The van der Waals surface area contributed by atoms with Crippen molar-refractivity contribution in [3.8, 4) is 23.2 Å². The molecule has 0 atom stereocenters. The minimum absolute atomic E-state index is 0.344. The Kier molecular flexibility index (Phi) is 5.98. The van der Waals surface area contributed by atoms with Crippen LogP contribution in [0, 0.1) is 13.8 Å². The van der Waals surface area contributed by atoms with Gasteiger partial charge in [-0.2, -0.15) is 0 Å². The van der Waals surface area contributed by atoms with Gasteiger partial charge >= 0.3 is 6.03 Å². The Morgan fingerprint density at radius 1 is 0.938 bits per heavy atom. The number of ether oxygens (including phenoxy) is 2. The monoisotopic (exact) mass is 430 g/mol. The molecule has 4 rings (SSSR count). The molecule has 0 aliphatic rings. The molecular formula is C23H22N6O3. The summed E-state index contributed by atoms with van der Waals surface area (Å²) in [4.78, 5) is 24.9. The number of hydrogen-bond acceptors (Lipinski definition) is 6. The van der Waals surface area contributed by atoms with Crippen LogP contribution >= 0.6 is 0 Å². The first kappa shape index (κ1) is 20.9. The number of amides is 2. The van der Waals surface area contributed by atoms with Crippen LogP contribution in [0.2, 0.25) is 0 Å². The third kappa shape index (κ3) is 4.84. The van der Waals surface area contributed by atoms with Crippen molar-refractivity contribution in [3.05, 3.63) is 78.6 Å². The molecule has 0 spiro atoms. The second-order valence-electron chi connectivity index (χ2n) is 6.95. The molecule has 32 heavy (non-hydrogen) atoms. The fourth-order valence-electron chi connectivity index (χ4n) is 3.05. The standard InChI is InChI=1S/C23H22N6O3/c1-15-12-19(31-3)8-9-20(15)28-23(30)27-17-4-6-18(7-5-17)32-22-13-21(25-14-26-22)29-11-10-24-16(29)2/h4-14H,1-3H3,(H2,27,28,30). The van der Waals surface area contributed by atoms with E-state index in [-0.39, 0.29) is 6.03 Å². The first-order chi connectivity index (χ1) is 15.5. The fourth-order valence-corrected chi connectivity index (χ4v) is 3.05. The van der Waals surface area contributed by atoms with Gasteiger partial charge in [0, 0.05) is 29.8 Å². The Hall–Kier alpha value is -4.40. The fraction of sp³-hybridized carbons (Fsp3) is 0.130. The lowest BCUT2D eigenvalue weighted by atomic mass is 10.2. The number of methoxy groups -OCH3 is 1. The molecule has 0 aliphatic heterocycles. The minimum atomic E-state index is -0.344. The largest absolute Gasteiger partial charge is 0.497 e. The van der Waals surface area contributed by atoms with Gasteiger partial charge in [-0.15, -0.1) is 0 Å². The summed E-state index contributed by atoms with van der Waals surface area (Å²) in [7, 11) is 1.60. The van der Waals surface area contributed by atoms with Gasteiger partial charge in [-0.1, -0.05) is 0 Å². The maximum Gasteiger partial charge on any atom is 0.323 e. The SMILES string of the molecule is COc1ccc(NC(=O)Nc2ccc(Oc3cc(-n4ccnc4C)ncn3)cc2)c(C)c1. The number of aromatic nitrogens is 4. The Bertz CT molecular complexity index is 1240. The van der Waals surface area contributed by atoms with E-state index in [1.165, 1.54) is 6.33 Å². The number of urea groups is 1. The number of anilines is 2. The van der Waals surface area contributed by atoms with Gasteiger partial charge in [0.25, 0.3) is 0 Å². The Labute approximate surface area is 185 Å². The van der Waals surface area contributed by atoms with Crippen molar-refractivity contribution >= 4 is 17.4 Å². The molecule has 0 bridgehead atoms. The van der Waals surface area contributed by atoms with Crippen molar-refractivity contribution in [2.24, 2.45) is 0 Å². The molecule has 162 valence electrons. The lowest BCUT2D eigenvalue weighted by Crippen LogP contribution is -2.19. The van der Waals surface area contributed by atoms with Crippen LogP contribution in [0.25, 0.3) is 5.82 Å². The minimum Gasteiger partial charge on any atom is -0.497 e. The number of hydrogen-bond donors (Lipinski definition) is 2. The van der Waals surface area contributed by atoms with Gasteiger partial charge in [-0.25, -0.2) is 19.7 Å². The van der Waals surface area contributed by atoms with Crippen LogP contribution < -0.4 is 20.1 Å². The van der Waals surface area contributed by atoms with Gasteiger partial charge in [-0.05, 0) is 61.9 Å². The second-order valence-corrected chi connectivity index (χ2v) is 6.95. The molecule has 0 aliphatic carbocycles. The number of rotatable bonds is 6. The summed E-state index contributed by atoms with van der Waals surface area (Å²) in [6.07, 6.45) is 4.96. The van der Waals surface area contributed by atoms with Gasteiger partial charge in [0.1, 0.15) is 29.5 Å². The van der Waals surface area contributed by atoms with E-state index in [1.54, 1.807) is 55.8 Å². The highest BCUT2D eigenvalue weighted by molar-refractivity contribution is 6.00. The third-order valence-corrected chi connectivity index (χ3v) is 4.72. The number of carbonyl (C=O) groups excluding carboxylic acids is 1. The Balaban J connectivity index is 1.38. The molecule has 0 unspecified atom stereocenters. The smallest absolute Gasteiger partial charge is 0.323 e. The van der Waals surface area contributed by atoms with Gasteiger partial charge in [0.15, 0.2) is 0 Å². The highest BCUT2D eigenvalue weighted by Crippen LogP contribution is 2.24. The number of nitrogens with zero attached hydrogens (tertiary/aromatic N) is 4. The maximum atomic E-state index is 12.3. The lowest BCUT2D eigenvalue weighted by Gasteiger charge is -2.12. The molecule has 0 saturated heterocycles. The summed E-state index contributed by atoms with van der Waals surface area (Å²) in [6.45, 7) is 3.79. The average Bonchev–Trinajstić information content (AvgIpc) is 3.22. The van der Waals surface area contributed by atoms with E-state index in [2.05, 4.69) is 25.6 Å². The first-order valence-electron chi connectivity index (χ1n) is 9.85. The summed E-state index contributed by atoms with van der Waals surface area (Å²) in [5, 5.41) is 5.63. The van der Waals surface area contributed by atoms with Crippen LogP contribution in [0.5, 0.6) is 17.4 Å². The first-order valence-corrected chi connectivity index (χ1v) is 9.85. The summed E-state index contributed by atoms with van der Waals surface area (Å²) >= 11 is 0. The molecule has 9 heteroatoms. The summed E-state index contributed by atoms with van der Waals surface area (Å²) in [5.41, 5.74) is 2.23. The van der Waals surface area contributed by atoms with Crippen LogP contribution in [0.4, 0.5) is 16.2 Å². The predicted octanol–water partition coefficient (Wildman–Crippen LogP) is 4.72. The topological polar surface area (TPSA) is 103 Å². The number of imidazole rings is 1. The quantitative estimate of drug-likeness (QED) is 0.459. The van der Waals surface area contributed by atoms with Crippen LogP contribution in [0.3, 0.4) is 0 Å². The Morgan fingerprint density at radius 2 is 1.72 bits per heavy atom. The van der Waals surface area contributed by atoms with Crippen LogP contribution in [0.1, 0.15) is 11.4 Å². The van der Waals surface area contributed by atoms with E-state index in [1.807, 2.05) is 30.7 Å². The molecule has 0 saturated carbocycles. The van der Waals surface area contributed by atoms with E-state index in [0.29, 0.717) is 28.8 Å². The highest BCUT2D eigenvalue weighted by atomic mass is 16.5. The summed E-state index contributed by atoms with van der Waals surface area (Å²) in [6, 6.07) is 13.8. The zero-order chi connectivity index (χ0) is 22.5. The number of aryl methyl sites for hydroxylation is 2. The number of benzene rings is 2. The third-order valence-electron chi connectivity index (χ3n) is 4.72. The Morgan fingerprint density at radius 3 is 2.41 bits per heavy atom. The molecule has 0 radical (unpaired) electrons. The van der Waals surface area contributed by atoms with E-state index in [4.69, 9.17) is 9.47 Å². The van der Waals surface area contributed by atoms with Gasteiger partial charge in [-0.3, -0.25) is 4.57 Å². The highest BCUT2D eigenvalue weighted by Gasteiger charge is 2.08. The zero-order valence-corrected chi connectivity index (χ0v) is 17.9. The zero-order valence-electron chi connectivity index (χ0n) is 17.9. The molecule has 2 heterocycles. The number of nitrogens with one attached hydrogen (secondary N) is 2. The van der Waals surface area contributed by atoms with Gasteiger partial charge in [0.05, 0.1) is 7.11 Å². The van der Waals surface area contributed by atoms with Crippen LogP contribution in [-0.2, 0) is 0 Å². The van der Waals surface area contributed by atoms with E-state index in [9.17, 15) is 4.79 Å². The van der Waals surface area contributed by atoms with Crippen LogP contribution in [-0.4, -0.2) is 32.7 Å². The predicted molar refractivity (Wildman–Crippen MR) is 121 cm³/mol. The van der Waals surface area contributed by atoms with E-state index >= 15 is 0 Å². The van der Waals surface area contributed by atoms with E-state index in [0.717, 1.165) is 17.1 Å². The molecular weight excluding hydrogens is 408 g/mol. The average molecular weight is 430 g/mol. The van der Waals surface area contributed by atoms with Gasteiger partial charge in [0.2, 0.25) is 5.88 Å². The van der Waals surface area contributed by atoms with Crippen molar-refractivity contribution < 1.29 is 14.3 Å². The molecule has 4 aromatic rings. The van der Waals surface area contributed by atoms with Crippen molar-refractivity contribution in [1.29, 1.82) is 0 Å². The van der Waals surface area contributed by atoms with E-state index < -0.39 is 0 Å². The lowest BCUT2D eigenvalue weighted by molar-refractivity contribution is 0.262. The molecule has 0 fully saturated rings. The molecule has 9 nitrogen and oxygen atoms in total. The van der Waals surface area contributed by atoms with Crippen molar-refractivity contribution in [1.82, 2.24) is 19.5 Å². The van der Waals surface area contributed by atoms with Crippen molar-refractivity contribution in [2.45, 2.75) is 13.8 Å². The number of carbonyl (C=O) groups is 1. The maximum absolute atomic E-state index is 12.3. The molecule has 2 aromatic heterocycles. The van der Waals surface area contributed by atoms with Gasteiger partial charge < -0.3 is 20.1 Å². The summed E-state index contributed by atoms with van der Waals surface area (Å²) in [5.74, 6) is 3.19. The normalized spacial score (nSPS) is 10.5. The summed E-state index contributed by atoms with van der Waals surface area (Å²) < 4.78 is 12.8. The molecule has 2 amide bonds. The second kappa shape index (κ2) is 9.17. The van der Waals surface area contributed by atoms with Crippen molar-refractivity contribution in [3.63, 3.8) is 0 Å².